The van der Waals surface area contributed by atoms with Crippen molar-refractivity contribution in [1.29, 1.82) is 0 Å². The Morgan fingerprint density at radius 1 is 1.10 bits per heavy atom. The molecule has 2 aromatic rings. The molecule has 20 heavy (non-hydrogen) atoms. The normalized spacial score (nSPS) is 10.8. The summed E-state index contributed by atoms with van der Waals surface area (Å²) in [4.78, 5) is 2.09. The lowest BCUT2D eigenvalue weighted by molar-refractivity contribution is 0.483. The Balaban J connectivity index is 2.63. The second-order valence-corrected chi connectivity index (χ2v) is 5.36. The zero-order valence-corrected chi connectivity index (χ0v) is 10.9. The van der Waals surface area contributed by atoms with Gasteiger partial charge in [0.2, 0.25) is 0 Å². The minimum atomic E-state index is -4.48. The molecule has 8 heteroatoms. The average Bonchev–Trinajstić information content (AvgIpc) is 2.39. The Morgan fingerprint density at radius 3 is 2.25 bits per heavy atom. The molecule has 0 heterocycles. The smallest absolute Gasteiger partial charge is 0.295 e. The van der Waals surface area contributed by atoms with E-state index in [1.54, 1.807) is 30.3 Å². The van der Waals surface area contributed by atoms with Crippen molar-refractivity contribution in [2.24, 2.45) is 5.11 Å². The summed E-state index contributed by atoms with van der Waals surface area (Å²) < 4.78 is 31.8. The van der Waals surface area contributed by atoms with Gasteiger partial charge in [-0.15, -0.1) is 0 Å². The summed E-state index contributed by atoms with van der Waals surface area (Å²) in [7, 11) is -4.48. The van der Waals surface area contributed by atoms with E-state index in [1.807, 2.05) is 0 Å². The van der Waals surface area contributed by atoms with Crippen molar-refractivity contribution >= 4 is 21.5 Å². The van der Waals surface area contributed by atoms with Gasteiger partial charge in [-0.1, -0.05) is 29.4 Å². The number of nitrogens with two attached hydrogens (primary N) is 1. The highest BCUT2D eigenvalue weighted by Crippen LogP contribution is 2.30. The van der Waals surface area contributed by atoms with Crippen LogP contribution in [0.4, 0.5) is 11.4 Å². The van der Waals surface area contributed by atoms with Gasteiger partial charge in [0.1, 0.15) is 4.90 Å². The predicted molar refractivity (Wildman–Crippen MR) is 74.9 cm³/mol. The molecule has 0 spiro atoms. The van der Waals surface area contributed by atoms with E-state index in [4.69, 9.17) is 11.3 Å². The molecule has 0 amide bonds. The van der Waals surface area contributed by atoms with E-state index in [-0.39, 0.29) is 5.69 Å². The minimum absolute atomic E-state index is 0.158. The molecule has 0 radical (unpaired) electrons. The highest BCUT2D eigenvalue weighted by molar-refractivity contribution is 7.86. The first-order valence-corrected chi connectivity index (χ1v) is 6.88. The SMILES string of the molecule is [N-]=[N+]=Nc1ccc(-c2ccc(N)cc2)cc1S(=O)(=O)O. The number of nitrogens with zero attached hydrogens (tertiary/aromatic N) is 3. The molecule has 0 saturated heterocycles. The third kappa shape index (κ3) is 2.89. The van der Waals surface area contributed by atoms with Crippen LogP contribution < -0.4 is 5.73 Å². The molecule has 0 aliphatic carbocycles. The molecule has 0 fully saturated rings. The molecule has 0 saturated carbocycles. The molecule has 2 aromatic carbocycles. The van der Waals surface area contributed by atoms with Gasteiger partial charge in [-0.25, -0.2) is 0 Å². The van der Waals surface area contributed by atoms with Crippen molar-refractivity contribution < 1.29 is 13.0 Å². The van der Waals surface area contributed by atoms with Crippen LogP contribution in [-0.4, -0.2) is 13.0 Å². The first kappa shape index (κ1) is 13.9. The van der Waals surface area contributed by atoms with E-state index in [2.05, 4.69) is 10.0 Å². The third-order valence-corrected chi connectivity index (χ3v) is 3.52. The largest absolute Gasteiger partial charge is 0.399 e. The summed E-state index contributed by atoms with van der Waals surface area (Å²) >= 11 is 0. The highest BCUT2D eigenvalue weighted by atomic mass is 32.2. The number of anilines is 1. The maximum absolute atomic E-state index is 11.3. The van der Waals surface area contributed by atoms with E-state index in [0.717, 1.165) is 5.56 Å². The number of benzene rings is 2. The van der Waals surface area contributed by atoms with E-state index >= 15 is 0 Å². The number of azide groups is 1. The van der Waals surface area contributed by atoms with Crippen molar-refractivity contribution in [3.05, 3.63) is 52.9 Å². The average molecular weight is 290 g/mol. The Morgan fingerprint density at radius 2 is 1.70 bits per heavy atom. The fourth-order valence-corrected chi connectivity index (χ4v) is 2.36. The van der Waals surface area contributed by atoms with Gasteiger partial charge in [0, 0.05) is 10.6 Å². The quantitative estimate of drug-likeness (QED) is 0.295. The van der Waals surface area contributed by atoms with Crippen LogP contribution in [0.15, 0.2) is 52.5 Å². The van der Waals surface area contributed by atoms with Gasteiger partial charge >= 0.3 is 0 Å². The van der Waals surface area contributed by atoms with Crippen LogP contribution in [0.25, 0.3) is 21.6 Å². The standard InChI is InChI=1S/C12H10N4O3S/c13-10-4-1-8(2-5-10)9-3-6-11(15-16-14)12(7-9)20(17,18)19/h1-7H,13H2,(H,17,18,19). The van der Waals surface area contributed by atoms with E-state index in [0.29, 0.717) is 11.3 Å². The van der Waals surface area contributed by atoms with E-state index < -0.39 is 15.0 Å². The minimum Gasteiger partial charge on any atom is -0.399 e. The predicted octanol–water partition coefficient (Wildman–Crippen LogP) is 3.12. The van der Waals surface area contributed by atoms with Gasteiger partial charge < -0.3 is 5.73 Å². The van der Waals surface area contributed by atoms with E-state index in [1.165, 1.54) is 12.1 Å². The van der Waals surface area contributed by atoms with Crippen LogP contribution in [0.2, 0.25) is 0 Å². The fourth-order valence-electron chi connectivity index (χ4n) is 1.71. The zero-order chi connectivity index (χ0) is 14.8. The summed E-state index contributed by atoms with van der Waals surface area (Å²) in [5.41, 5.74) is 15.7. The number of hydrogen-bond donors (Lipinski definition) is 2. The second kappa shape index (κ2) is 5.22. The molecule has 2 rings (SSSR count). The fraction of sp³-hybridized carbons (Fsp3) is 0. The van der Waals surface area contributed by atoms with Gasteiger partial charge in [0.05, 0.1) is 5.69 Å². The van der Waals surface area contributed by atoms with Crippen LogP contribution in [0.1, 0.15) is 0 Å². The molecule has 0 aliphatic rings. The van der Waals surface area contributed by atoms with Gasteiger partial charge in [-0.2, -0.15) is 8.42 Å². The molecular weight excluding hydrogens is 280 g/mol. The molecule has 0 unspecified atom stereocenters. The Kier molecular flexibility index (Phi) is 3.62. The van der Waals surface area contributed by atoms with Crippen molar-refractivity contribution in [3.8, 4) is 11.1 Å². The second-order valence-electron chi connectivity index (χ2n) is 3.97. The van der Waals surface area contributed by atoms with Crippen molar-refractivity contribution in [1.82, 2.24) is 0 Å². The van der Waals surface area contributed by atoms with Crippen molar-refractivity contribution in [2.45, 2.75) is 4.90 Å². The number of hydrogen-bond acceptors (Lipinski definition) is 4. The van der Waals surface area contributed by atoms with Crippen LogP contribution in [0, 0.1) is 0 Å². The first-order valence-electron chi connectivity index (χ1n) is 5.44. The first-order chi connectivity index (χ1) is 9.41. The molecule has 7 nitrogen and oxygen atoms in total. The molecule has 0 aromatic heterocycles. The lowest BCUT2D eigenvalue weighted by Crippen LogP contribution is -1.98. The Bertz CT molecular complexity index is 794. The lowest BCUT2D eigenvalue weighted by atomic mass is 10.1. The summed E-state index contributed by atoms with van der Waals surface area (Å²) in [6.45, 7) is 0. The third-order valence-electron chi connectivity index (χ3n) is 2.63. The maximum atomic E-state index is 11.3. The lowest BCUT2D eigenvalue weighted by Gasteiger charge is -2.07. The molecular formula is C12H10N4O3S. The number of nitrogen functional groups attached to an aromatic ring is 1. The Hall–Kier alpha value is -2.54. The topological polar surface area (TPSA) is 129 Å². The van der Waals surface area contributed by atoms with Crippen molar-refractivity contribution in [2.75, 3.05) is 5.73 Å². The zero-order valence-electron chi connectivity index (χ0n) is 10.1. The Labute approximate surface area is 115 Å². The molecule has 3 N–H and O–H groups in total. The van der Waals surface area contributed by atoms with Gasteiger partial charge in [-0.3, -0.25) is 4.55 Å². The molecule has 102 valence electrons. The summed E-state index contributed by atoms with van der Waals surface area (Å²) in [5.74, 6) is 0. The van der Waals surface area contributed by atoms with Crippen LogP contribution in [0.5, 0.6) is 0 Å². The summed E-state index contributed by atoms with van der Waals surface area (Å²) in [6, 6.07) is 10.9. The van der Waals surface area contributed by atoms with Crippen molar-refractivity contribution in [3.63, 3.8) is 0 Å². The molecule has 0 aliphatic heterocycles. The van der Waals surface area contributed by atoms with Gasteiger partial charge in [0.25, 0.3) is 10.1 Å². The summed E-state index contributed by atoms with van der Waals surface area (Å²) in [6.07, 6.45) is 0. The van der Waals surface area contributed by atoms with Crippen LogP contribution in [0.3, 0.4) is 0 Å². The van der Waals surface area contributed by atoms with E-state index in [9.17, 15) is 13.0 Å². The van der Waals surface area contributed by atoms with Gasteiger partial charge in [0.15, 0.2) is 0 Å². The van der Waals surface area contributed by atoms with Crippen LogP contribution in [-0.2, 0) is 10.1 Å². The summed E-state index contributed by atoms with van der Waals surface area (Å²) in [5, 5.41) is 3.24. The number of rotatable bonds is 3. The monoisotopic (exact) mass is 290 g/mol. The molecule has 0 atom stereocenters. The van der Waals surface area contributed by atoms with Gasteiger partial charge in [-0.05, 0) is 34.9 Å². The maximum Gasteiger partial charge on any atom is 0.295 e. The molecule has 0 bridgehead atoms. The van der Waals surface area contributed by atoms with Crippen LogP contribution >= 0.6 is 0 Å². The highest BCUT2D eigenvalue weighted by Gasteiger charge is 2.15.